The lowest BCUT2D eigenvalue weighted by Gasteiger charge is -2.03. The summed E-state index contributed by atoms with van der Waals surface area (Å²) in [6, 6.07) is 9.91. The average Bonchev–Trinajstić information content (AvgIpc) is 3.27. The number of halogens is 1. The van der Waals surface area contributed by atoms with Crippen LogP contribution in [0.15, 0.2) is 54.2 Å². The Kier molecular flexibility index (Phi) is 4.22. The van der Waals surface area contributed by atoms with Gasteiger partial charge < -0.3 is 9.88 Å². The van der Waals surface area contributed by atoms with Gasteiger partial charge in [-0.25, -0.2) is 14.4 Å². The summed E-state index contributed by atoms with van der Waals surface area (Å²) in [4.78, 5) is 21.2. The Labute approximate surface area is 153 Å². The minimum atomic E-state index is -0.297. The van der Waals surface area contributed by atoms with Gasteiger partial charge in [0.05, 0.1) is 0 Å². The standard InChI is InChI=1S/C19H15FN4OS/c1-24-10-15(14-3-2-8-21-17(14)24)19-23-16(11-26-19)18(25)22-9-12-4-6-13(20)7-5-12/h2-8,10-11H,9H2,1H3,(H,22,25). The van der Waals surface area contributed by atoms with Crippen LogP contribution in [0.4, 0.5) is 4.39 Å². The van der Waals surface area contributed by atoms with Crippen LogP contribution in [0.5, 0.6) is 0 Å². The van der Waals surface area contributed by atoms with Crippen molar-refractivity contribution in [3.63, 3.8) is 0 Å². The molecule has 0 bridgehead atoms. The van der Waals surface area contributed by atoms with Crippen molar-refractivity contribution in [1.29, 1.82) is 0 Å². The van der Waals surface area contributed by atoms with Crippen LogP contribution in [0.2, 0.25) is 0 Å². The lowest BCUT2D eigenvalue weighted by Crippen LogP contribution is -2.23. The Morgan fingerprint density at radius 1 is 1.27 bits per heavy atom. The summed E-state index contributed by atoms with van der Waals surface area (Å²) in [6.45, 7) is 0.324. The lowest BCUT2D eigenvalue weighted by atomic mass is 10.2. The Balaban J connectivity index is 1.53. The van der Waals surface area contributed by atoms with E-state index in [1.165, 1.54) is 23.5 Å². The monoisotopic (exact) mass is 366 g/mol. The number of hydrogen-bond donors (Lipinski definition) is 1. The maximum Gasteiger partial charge on any atom is 0.271 e. The smallest absolute Gasteiger partial charge is 0.271 e. The molecule has 0 spiro atoms. The summed E-state index contributed by atoms with van der Waals surface area (Å²) in [5, 5.41) is 6.32. The number of aryl methyl sites for hydroxylation is 1. The van der Waals surface area contributed by atoms with Gasteiger partial charge >= 0.3 is 0 Å². The predicted octanol–water partition coefficient (Wildman–Crippen LogP) is 3.77. The summed E-state index contributed by atoms with van der Waals surface area (Å²) in [5.41, 5.74) is 3.03. The van der Waals surface area contributed by atoms with Crippen LogP contribution in [0, 0.1) is 5.82 Å². The minimum Gasteiger partial charge on any atom is -0.347 e. The molecular weight excluding hydrogens is 351 g/mol. The molecule has 0 atom stereocenters. The van der Waals surface area contributed by atoms with Gasteiger partial charge in [0.15, 0.2) is 0 Å². The second kappa shape index (κ2) is 6.68. The SMILES string of the molecule is Cn1cc(-c2nc(C(=O)NCc3ccc(F)cc3)cs2)c2cccnc21. The lowest BCUT2D eigenvalue weighted by molar-refractivity contribution is 0.0946. The third-order valence-electron chi connectivity index (χ3n) is 4.07. The molecule has 0 saturated carbocycles. The van der Waals surface area contributed by atoms with E-state index in [1.54, 1.807) is 23.7 Å². The molecule has 0 radical (unpaired) electrons. The van der Waals surface area contributed by atoms with Crippen molar-refractivity contribution >= 4 is 28.3 Å². The van der Waals surface area contributed by atoms with E-state index in [0.29, 0.717) is 12.2 Å². The van der Waals surface area contributed by atoms with Crippen LogP contribution in [-0.4, -0.2) is 20.4 Å². The first-order valence-corrected chi connectivity index (χ1v) is 8.88. The van der Waals surface area contributed by atoms with Gasteiger partial charge in [-0.3, -0.25) is 4.79 Å². The molecule has 0 aliphatic carbocycles. The molecule has 1 aromatic carbocycles. The van der Waals surface area contributed by atoms with Gasteiger partial charge in [-0.15, -0.1) is 11.3 Å². The molecule has 0 aliphatic rings. The first-order valence-electron chi connectivity index (χ1n) is 8.00. The Hall–Kier alpha value is -3.06. The van der Waals surface area contributed by atoms with E-state index in [-0.39, 0.29) is 11.7 Å². The first kappa shape index (κ1) is 16.4. The molecule has 0 aliphatic heterocycles. The maximum atomic E-state index is 12.9. The molecule has 0 fully saturated rings. The number of nitrogens with zero attached hydrogens (tertiary/aromatic N) is 3. The van der Waals surface area contributed by atoms with Crippen LogP contribution in [0.25, 0.3) is 21.6 Å². The zero-order valence-electron chi connectivity index (χ0n) is 13.9. The highest BCUT2D eigenvalue weighted by Crippen LogP contribution is 2.31. The molecule has 3 heterocycles. The molecule has 7 heteroatoms. The predicted molar refractivity (Wildman–Crippen MR) is 99.4 cm³/mol. The summed E-state index contributed by atoms with van der Waals surface area (Å²) in [6.07, 6.45) is 3.72. The number of amides is 1. The van der Waals surface area contributed by atoms with Gasteiger partial charge in [0.25, 0.3) is 5.91 Å². The van der Waals surface area contributed by atoms with Crippen molar-refractivity contribution in [1.82, 2.24) is 19.9 Å². The molecule has 3 aromatic heterocycles. The number of pyridine rings is 1. The van der Waals surface area contributed by atoms with E-state index in [9.17, 15) is 9.18 Å². The number of thiazole rings is 1. The molecule has 0 unspecified atom stereocenters. The van der Waals surface area contributed by atoms with Crippen molar-refractivity contribution in [3.8, 4) is 10.6 Å². The number of nitrogens with one attached hydrogen (secondary N) is 1. The normalized spacial score (nSPS) is 11.0. The van der Waals surface area contributed by atoms with Crippen molar-refractivity contribution in [3.05, 3.63) is 71.2 Å². The quantitative estimate of drug-likeness (QED) is 0.598. The van der Waals surface area contributed by atoms with Crippen molar-refractivity contribution in [2.24, 2.45) is 7.05 Å². The van der Waals surface area contributed by atoms with E-state index < -0.39 is 0 Å². The van der Waals surface area contributed by atoms with Gasteiger partial charge in [-0.05, 0) is 29.8 Å². The number of aromatic nitrogens is 3. The maximum absolute atomic E-state index is 12.9. The molecule has 1 N–H and O–H groups in total. The zero-order chi connectivity index (χ0) is 18.1. The summed E-state index contributed by atoms with van der Waals surface area (Å²) in [7, 11) is 1.93. The summed E-state index contributed by atoms with van der Waals surface area (Å²) >= 11 is 1.42. The molecule has 130 valence electrons. The van der Waals surface area contributed by atoms with Crippen molar-refractivity contribution < 1.29 is 9.18 Å². The molecule has 5 nitrogen and oxygen atoms in total. The van der Waals surface area contributed by atoms with E-state index in [1.807, 2.05) is 29.9 Å². The van der Waals surface area contributed by atoms with Crippen LogP contribution in [0.1, 0.15) is 16.1 Å². The average molecular weight is 366 g/mol. The number of benzene rings is 1. The van der Waals surface area contributed by atoms with Crippen LogP contribution >= 0.6 is 11.3 Å². The van der Waals surface area contributed by atoms with E-state index in [4.69, 9.17) is 0 Å². The number of carbonyl (C=O) groups excluding carboxylic acids is 1. The zero-order valence-corrected chi connectivity index (χ0v) is 14.8. The topological polar surface area (TPSA) is 59.8 Å². The summed E-state index contributed by atoms with van der Waals surface area (Å²) < 4.78 is 14.9. The molecular formula is C19H15FN4OS. The van der Waals surface area contributed by atoms with Crippen LogP contribution in [0.3, 0.4) is 0 Å². The van der Waals surface area contributed by atoms with E-state index in [2.05, 4.69) is 15.3 Å². The number of fused-ring (bicyclic) bond motifs is 1. The highest BCUT2D eigenvalue weighted by Gasteiger charge is 2.15. The van der Waals surface area contributed by atoms with Crippen molar-refractivity contribution in [2.75, 3.05) is 0 Å². The fourth-order valence-electron chi connectivity index (χ4n) is 2.76. The molecule has 26 heavy (non-hydrogen) atoms. The molecule has 0 saturated heterocycles. The second-order valence-electron chi connectivity index (χ2n) is 5.88. The number of carbonyl (C=O) groups is 1. The Morgan fingerprint density at radius 2 is 2.08 bits per heavy atom. The van der Waals surface area contributed by atoms with Crippen LogP contribution < -0.4 is 5.32 Å². The van der Waals surface area contributed by atoms with Gasteiger partial charge in [0, 0.05) is 42.3 Å². The summed E-state index contributed by atoms with van der Waals surface area (Å²) in [5.74, 6) is -0.552. The van der Waals surface area contributed by atoms with Crippen LogP contribution in [-0.2, 0) is 13.6 Å². The largest absolute Gasteiger partial charge is 0.347 e. The molecule has 4 rings (SSSR count). The van der Waals surface area contributed by atoms with Gasteiger partial charge in [-0.2, -0.15) is 0 Å². The highest BCUT2D eigenvalue weighted by atomic mass is 32.1. The van der Waals surface area contributed by atoms with E-state index >= 15 is 0 Å². The fourth-order valence-corrected chi connectivity index (χ4v) is 3.58. The fraction of sp³-hybridized carbons (Fsp3) is 0.105. The van der Waals surface area contributed by atoms with Gasteiger partial charge in [-0.1, -0.05) is 12.1 Å². The molecule has 1 amide bonds. The van der Waals surface area contributed by atoms with Crippen molar-refractivity contribution in [2.45, 2.75) is 6.54 Å². The third-order valence-corrected chi connectivity index (χ3v) is 4.94. The Bertz CT molecular complexity index is 1080. The second-order valence-corrected chi connectivity index (χ2v) is 6.73. The highest BCUT2D eigenvalue weighted by molar-refractivity contribution is 7.13. The Morgan fingerprint density at radius 3 is 2.88 bits per heavy atom. The van der Waals surface area contributed by atoms with Gasteiger partial charge in [0.2, 0.25) is 0 Å². The van der Waals surface area contributed by atoms with E-state index in [0.717, 1.165) is 27.2 Å². The third kappa shape index (κ3) is 3.09. The van der Waals surface area contributed by atoms with Gasteiger partial charge in [0.1, 0.15) is 22.2 Å². The number of rotatable bonds is 4. The first-order chi connectivity index (χ1) is 12.6. The number of hydrogen-bond acceptors (Lipinski definition) is 4. The molecule has 4 aromatic rings. The minimum absolute atomic E-state index is 0.254.